The zero-order chi connectivity index (χ0) is 14.3. The van der Waals surface area contributed by atoms with Crippen LogP contribution in [-0.2, 0) is 4.74 Å². The summed E-state index contributed by atoms with van der Waals surface area (Å²) in [5.74, 6) is 0.382. The van der Waals surface area contributed by atoms with Gasteiger partial charge in [0.15, 0.2) is 0 Å². The van der Waals surface area contributed by atoms with Crippen molar-refractivity contribution in [2.45, 2.75) is 26.1 Å². The quantitative estimate of drug-likeness (QED) is 0.768. The van der Waals surface area contributed by atoms with Crippen molar-refractivity contribution in [1.29, 1.82) is 0 Å². The van der Waals surface area contributed by atoms with E-state index in [0.29, 0.717) is 12.5 Å². The van der Waals surface area contributed by atoms with Gasteiger partial charge in [0.2, 0.25) is 0 Å². The van der Waals surface area contributed by atoms with Gasteiger partial charge in [0.1, 0.15) is 6.04 Å². The van der Waals surface area contributed by atoms with E-state index in [9.17, 15) is 13.2 Å². The van der Waals surface area contributed by atoms with Crippen LogP contribution in [0.5, 0.6) is 0 Å². The second-order valence-corrected chi connectivity index (χ2v) is 4.81. The predicted octanol–water partition coefficient (Wildman–Crippen LogP) is 3.55. The molecule has 2 nitrogen and oxygen atoms in total. The Balaban J connectivity index is 2.49. The fourth-order valence-electron chi connectivity index (χ4n) is 1.66. The highest BCUT2D eigenvalue weighted by atomic mass is 19.4. The molecule has 0 radical (unpaired) electrons. The number of ether oxygens (including phenoxy) is 1. The first-order chi connectivity index (χ1) is 8.91. The molecule has 19 heavy (non-hydrogen) atoms. The van der Waals surface area contributed by atoms with Crippen molar-refractivity contribution < 1.29 is 17.9 Å². The van der Waals surface area contributed by atoms with Crippen molar-refractivity contribution in [1.82, 2.24) is 5.32 Å². The van der Waals surface area contributed by atoms with Gasteiger partial charge in [0.25, 0.3) is 0 Å². The monoisotopic (exact) mass is 275 g/mol. The lowest BCUT2D eigenvalue weighted by molar-refractivity contribution is -0.158. The van der Waals surface area contributed by atoms with Gasteiger partial charge in [-0.2, -0.15) is 13.2 Å². The molecule has 1 aromatic carbocycles. The van der Waals surface area contributed by atoms with Gasteiger partial charge < -0.3 is 10.1 Å². The van der Waals surface area contributed by atoms with Crippen molar-refractivity contribution in [3.05, 3.63) is 35.9 Å². The van der Waals surface area contributed by atoms with Crippen molar-refractivity contribution >= 4 is 0 Å². The second-order valence-electron chi connectivity index (χ2n) is 4.81. The SMILES string of the molecule is CC(C)COCCNC(c1ccccc1)C(F)(F)F. The lowest BCUT2D eigenvalue weighted by Gasteiger charge is -2.22. The summed E-state index contributed by atoms with van der Waals surface area (Å²) in [7, 11) is 0. The van der Waals surface area contributed by atoms with Crippen LogP contribution in [0.15, 0.2) is 30.3 Å². The highest BCUT2D eigenvalue weighted by molar-refractivity contribution is 5.20. The molecule has 0 spiro atoms. The summed E-state index contributed by atoms with van der Waals surface area (Å²) in [4.78, 5) is 0. The molecule has 1 N–H and O–H groups in total. The second kappa shape index (κ2) is 7.50. The number of rotatable bonds is 7. The minimum atomic E-state index is -4.31. The van der Waals surface area contributed by atoms with Gasteiger partial charge in [0.05, 0.1) is 6.61 Å². The Hall–Kier alpha value is -1.07. The molecule has 5 heteroatoms. The van der Waals surface area contributed by atoms with Gasteiger partial charge in [-0.3, -0.25) is 0 Å². The molecule has 0 aliphatic heterocycles. The minimum absolute atomic E-state index is 0.172. The van der Waals surface area contributed by atoms with Gasteiger partial charge in [-0.25, -0.2) is 0 Å². The van der Waals surface area contributed by atoms with E-state index in [1.54, 1.807) is 18.2 Å². The molecule has 1 unspecified atom stereocenters. The normalized spacial score (nSPS) is 13.8. The van der Waals surface area contributed by atoms with Crippen LogP contribution in [0.1, 0.15) is 25.5 Å². The molecule has 0 heterocycles. The predicted molar refractivity (Wildman–Crippen MR) is 68.9 cm³/mol. The largest absolute Gasteiger partial charge is 0.407 e. The summed E-state index contributed by atoms with van der Waals surface area (Å²) in [6, 6.07) is 6.20. The van der Waals surface area contributed by atoms with E-state index in [2.05, 4.69) is 5.32 Å². The van der Waals surface area contributed by atoms with E-state index in [-0.39, 0.29) is 18.7 Å². The third kappa shape index (κ3) is 6.07. The van der Waals surface area contributed by atoms with Crippen molar-refractivity contribution in [3.8, 4) is 0 Å². The smallest absolute Gasteiger partial charge is 0.380 e. The van der Waals surface area contributed by atoms with E-state index >= 15 is 0 Å². The molecule has 0 aliphatic rings. The van der Waals surface area contributed by atoms with Crippen molar-refractivity contribution in [2.24, 2.45) is 5.92 Å². The molecular formula is C14H20F3NO. The first-order valence-electron chi connectivity index (χ1n) is 6.34. The minimum Gasteiger partial charge on any atom is -0.380 e. The van der Waals surface area contributed by atoms with Gasteiger partial charge in [-0.05, 0) is 11.5 Å². The van der Waals surface area contributed by atoms with E-state index in [1.807, 2.05) is 13.8 Å². The third-order valence-corrected chi connectivity index (χ3v) is 2.51. The number of nitrogens with one attached hydrogen (secondary N) is 1. The Morgan fingerprint density at radius 2 is 1.79 bits per heavy atom. The topological polar surface area (TPSA) is 21.3 Å². The van der Waals surface area contributed by atoms with Crippen molar-refractivity contribution in [2.75, 3.05) is 19.8 Å². The van der Waals surface area contributed by atoms with E-state index < -0.39 is 12.2 Å². The van der Waals surface area contributed by atoms with Gasteiger partial charge in [-0.1, -0.05) is 44.2 Å². The highest BCUT2D eigenvalue weighted by Crippen LogP contribution is 2.32. The summed E-state index contributed by atoms with van der Waals surface area (Å²) >= 11 is 0. The zero-order valence-electron chi connectivity index (χ0n) is 11.2. The Labute approximate surface area is 112 Å². The number of hydrogen-bond donors (Lipinski definition) is 1. The fourth-order valence-corrected chi connectivity index (χ4v) is 1.66. The highest BCUT2D eigenvalue weighted by Gasteiger charge is 2.40. The third-order valence-electron chi connectivity index (χ3n) is 2.51. The average molecular weight is 275 g/mol. The standard InChI is InChI=1S/C14H20F3NO/c1-11(2)10-19-9-8-18-13(14(15,16)17)12-6-4-3-5-7-12/h3-7,11,13,18H,8-10H2,1-2H3. The summed E-state index contributed by atoms with van der Waals surface area (Å²) in [6.45, 7) is 5.00. The van der Waals surface area contributed by atoms with Gasteiger partial charge >= 0.3 is 6.18 Å². The zero-order valence-corrected chi connectivity index (χ0v) is 11.2. The fraction of sp³-hybridized carbons (Fsp3) is 0.571. The molecule has 0 bridgehead atoms. The van der Waals surface area contributed by atoms with E-state index in [0.717, 1.165) is 0 Å². The molecule has 1 atom stereocenters. The Morgan fingerprint density at radius 1 is 1.16 bits per heavy atom. The van der Waals surface area contributed by atoms with Gasteiger partial charge in [-0.15, -0.1) is 0 Å². The number of halogens is 3. The Bertz CT molecular complexity index is 351. The van der Waals surface area contributed by atoms with Gasteiger partial charge in [0, 0.05) is 13.2 Å². The first kappa shape index (κ1) is 16.0. The lowest BCUT2D eigenvalue weighted by atomic mass is 10.1. The van der Waals surface area contributed by atoms with Crippen LogP contribution in [0.4, 0.5) is 13.2 Å². The summed E-state index contributed by atoms with van der Waals surface area (Å²) in [5, 5.41) is 2.50. The number of benzene rings is 1. The van der Waals surface area contributed by atoms with Crippen LogP contribution in [0.3, 0.4) is 0 Å². The molecule has 1 rings (SSSR count). The van der Waals surface area contributed by atoms with Crippen LogP contribution in [0.2, 0.25) is 0 Å². The Morgan fingerprint density at radius 3 is 2.32 bits per heavy atom. The maximum atomic E-state index is 12.9. The molecule has 0 amide bonds. The van der Waals surface area contributed by atoms with Crippen molar-refractivity contribution in [3.63, 3.8) is 0 Å². The average Bonchev–Trinajstić information content (AvgIpc) is 2.32. The van der Waals surface area contributed by atoms with E-state index in [4.69, 9.17) is 4.74 Å². The molecule has 0 saturated heterocycles. The van der Waals surface area contributed by atoms with Crippen LogP contribution in [0.25, 0.3) is 0 Å². The Kier molecular flexibility index (Phi) is 6.31. The van der Waals surface area contributed by atoms with Crippen LogP contribution >= 0.6 is 0 Å². The number of hydrogen-bond acceptors (Lipinski definition) is 2. The maximum Gasteiger partial charge on any atom is 0.407 e. The van der Waals surface area contributed by atoms with Crippen LogP contribution in [-0.4, -0.2) is 25.9 Å². The summed E-state index contributed by atoms with van der Waals surface area (Å²) < 4.78 is 44.1. The maximum absolute atomic E-state index is 12.9. The first-order valence-corrected chi connectivity index (χ1v) is 6.34. The molecular weight excluding hydrogens is 255 g/mol. The lowest BCUT2D eigenvalue weighted by Crippen LogP contribution is -2.36. The van der Waals surface area contributed by atoms with E-state index in [1.165, 1.54) is 12.1 Å². The van der Waals surface area contributed by atoms with Crippen LogP contribution in [0, 0.1) is 5.92 Å². The molecule has 1 aromatic rings. The molecule has 0 aliphatic carbocycles. The summed E-state index contributed by atoms with van der Waals surface area (Å²) in [5.41, 5.74) is 0.221. The van der Waals surface area contributed by atoms with Crippen LogP contribution < -0.4 is 5.32 Å². The molecule has 0 aromatic heterocycles. The molecule has 108 valence electrons. The molecule has 0 fully saturated rings. The summed E-state index contributed by atoms with van der Waals surface area (Å²) in [6.07, 6.45) is -4.31. The number of alkyl halides is 3. The molecule has 0 saturated carbocycles.